The molecule has 0 radical (unpaired) electrons. The van der Waals surface area contributed by atoms with Crippen molar-refractivity contribution >= 4 is 11.8 Å². The van der Waals surface area contributed by atoms with Gasteiger partial charge in [0.2, 0.25) is 0 Å². The summed E-state index contributed by atoms with van der Waals surface area (Å²) in [5, 5.41) is 0. The zero-order valence-electron chi connectivity index (χ0n) is 11.8. The van der Waals surface area contributed by atoms with Gasteiger partial charge in [0.1, 0.15) is 11.6 Å². The molecular formula is C15H17N3O3. The Morgan fingerprint density at radius 3 is 2.67 bits per heavy atom. The molecule has 2 aromatic rings. The van der Waals surface area contributed by atoms with Crippen LogP contribution in [-0.2, 0) is 22.4 Å². The molecule has 110 valence electrons. The lowest BCUT2D eigenvalue weighted by molar-refractivity contribution is -0.142. The minimum Gasteiger partial charge on any atom is -0.466 e. The van der Waals surface area contributed by atoms with E-state index < -0.39 is 11.5 Å². The molecule has 0 aliphatic rings. The predicted molar refractivity (Wildman–Crippen MR) is 78.9 cm³/mol. The molecule has 6 heteroatoms. The number of ether oxygens (including phenoxy) is 1. The first-order valence-corrected chi connectivity index (χ1v) is 6.67. The molecule has 2 rings (SSSR count). The zero-order valence-corrected chi connectivity index (χ0v) is 11.8. The number of hydrogen-bond acceptors (Lipinski definition) is 5. The van der Waals surface area contributed by atoms with Crippen molar-refractivity contribution in [1.82, 2.24) is 9.97 Å². The monoisotopic (exact) mass is 287 g/mol. The highest BCUT2D eigenvalue weighted by Crippen LogP contribution is 2.08. The molecule has 0 atom stereocenters. The van der Waals surface area contributed by atoms with Crippen molar-refractivity contribution in [1.29, 1.82) is 0 Å². The van der Waals surface area contributed by atoms with Crippen LogP contribution in [0.4, 0.5) is 5.82 Å². The molecule has 0 spiro atoms. The Morgan fingerprint density at radius 2 is 2.05 bits per heavy atom. The Balaban J connectivity index is 2.21. The van der Waals surface area contributed by atoms with Crippen LogP contribution >= 0.6 is 0 Å². The minimum atomic E-state index is -0.493. The van der Waals surface area contributed by atoms with Crippen LogP contribution in [0.25, 0.3) is 0 Å². The third kappa shape index (κ3) is 3.92. The van der Waals surface area contributed by atoms with Crippen LogP contribution in [0.15, 0.2) is 35.1 Å². The van der Waals surface area contributed by atoms with Crippen LogP contribution in [0.1, 0.15) is 23.9 Å². The number of anilines is 1. The van der Waals surface area contributed by atoms with Crippen LogP contribution in [0.2, 0.25) is 0 Å². The van der Waals surface area contributed by atoms with E-state index in [9.17, 15) is 9.59 Å². The second kappa shape index (κ2) is 6.69. The van der Waals surface area contributed by atoms with Crippen molar-refractivity contribution in [2.75, 3.05) is 12.3 Å². The zero-order chi connectivity index (χ0) is 15.2. The Hall–Kier alpha value is -2.63. The third-order valence-electron chi connectivity index (χ3n) is 2.94. The molecule has 0 saturated carbocycles. The topological polar surface area (TPSA) is 98.1 Å². The largest absolute Gasteiger partial charge is 0.466 e. The summed E-state index contributed by atoms with van der Waals surface area (Å²) < 4.78 is 4.81. The number of carbonyl (C=O) groups is 1. The molecule has 3 N–H and O–H groups in total. The van der Waals surface area contributed by atoms with Crippen molar-refractivity contribution in [3.05, 3.63) is 57.6 Å². The van der Waals surface area contributed by atoms with Gasteiger partial charge in [0.25, 0.3) is 5.56 Å². The van der Waals surface area contributed by atoms with Gasteiger partial charge in [-0.25, -0.2) is 4.98 Å². The lowest BCUT2D eigenvalue weighted by Gasteiger charge is -2.07. The quantitative estimate of drug-likeness (QED) is 0.801. The van der Waals surface area contributed by atoms with Gasteiger partial charge in [0.15, 0.2) is 0 Å². The van der Waals surface area contributed by atoms with E-state index in [-0.39, 0.29) is 24.4 Å². The van der Waals surface area contributed by atoms with Crippen LogP contribution in [0.5, 0.6) is 0 Å². The minimum absolute atomic E-state index is 0.0673. The van der Waals surface area contributed by atoms with Gasteiger partial charge in [-0.3, -0.25) is 9.59 Å². The summed E-state index contributed by atoms with van der Waals surface area (Å²) in [6.07, 6.45) is 0.299. The molecule has 0 unspecified atom stereocenters. The molecular weight excluding hydrogens is 270 g/mol. The number of carbonyl (C=O) groups excluding carboxylic acids is 1. The van der Waals surface area contributed by atoms with Crippen molar-refractivity contribution < 1.29 is 9.53 Å². The van der Waals surface area contributed by atoms with Crippen LogP contribution < -0.4 is 11.3 Å². The number of hydrogen-bond donors (Lipinski definition) is 2. The van der Waals surface area contributed by atoms with Crippen LogP contribution in [-0.4, -0.2) is 22.5 Å². The molecule has 1 aromatic heterocycles. The van der Waals surface area contributed by atoms with E-state index in [1.807, 2.05) is 30.3 Å². The number of esters is 1. The van der Waals surface area contributed by atoms with E-state index in [2.05, 4.69) is 9.97 Å². The maximum atomic E-state index is 12.0. The lowest BCUT2D eigenvalue weighted by Crippen LogP contribution is -2.23. The molecule has 0 fully saturated rings. The number of nitrogen functional groups attached to an aromatic ring is 1. The van der Waals surface area contributed by atoms with Gasteiger partial charge in [0.05, 0.1) is 18.6 Å². The number of nitrogens with two attached hydrogens (primary N) is 1. The Labute approximate surface area is 122 Å². The van der Waals surface area contributed by atoms with E-state index in [1.165, 1.54) is 0 Å². The number of H-pyrrole nitrogens is 1. The highest BCUT2D eigenvalue weighted by atomic mass is 16.5. The van der Waals surface area contributed by atoms with E-state index in [4.69, 9.17) is 10.5 Å². The van der Waals surface area contributed by atoms with Gasteiger partial charge in [0, 0.05) is 6.42 Å². The normalized spacial score (nSPS) is 10.3. The van der Waals surface area contributed by atoms with E-state index >= 15 is 0 Å². The second-order valence-corrected chi connectivity index (χ2v) is 4.52. The molecule has 0 amide bonds. The van der Waals surface area contributed by atoms with Gasteiger partial charge in [-0.2, -0.15) is 0 Å². The third-order valence-corrected chi connectivity index (χ3v) is 2.94. The van der Waals surface area contributed by atoms with Crippen molar-refractivity contribution in [2.45, 2.75) is 19.8 Å². The average molecular weight is 287 g/mol. The highest BCUT2D eigenvalue weighted by molar-refractivity contribution is 5.74. The van der Waals surface area contributed by atoms with Crippen LogP contribution in [0, 0.1) is 0 Å². The van der Waals surface area contributed by atoms with Gasteiger partial charge in [-0.15, -0.1) is 0 Å². The van der Waals surface area contributed by atoms with Gasteiger partial charge in [-0.05, 0) is 12.5 Å². The van der Waals surface area contributed by atoms with Crippen molar-refractivity contribution in [3.8, 4) is 0 Å². The van der Waals surface area contributed by atoms with E-state index in [1.54, 1.807) is 6.92 Å². The summed E-state index contributed by atoms with van der Waals surface area (Å²) in [5.41, 5.74) is 6.54. The number of aromatic amines is 1. The summed E-state index contributed by atoms with van der Waals surface area (Å²) in [7, 11) is 0. The first kappa shape index (κ1) is 14.8. The molecule has 0 bridgehead atoms. The van der Waals surface area contributed by atoms with Crippen LogP contribution in [0.3, 0.4) is 0 Å². The summed E-state index contributed by atoms with van der Waals surface area (Å²) in [6.45, 7) is 1.96. The van der Waals surface area contributed by atoms with Gasteiger partial charge < -0.3 is 15.5 Å². The fraction of sp³-hybridized carbons (Fsp3) is 0.267. The number of benzene rings is 1. The van der Waals surface area contributed by atoms with E-state index in [0.29, 0.717) is 12.2 Å². The molecule has 21 heavy (non-hydrogen) atoms. The Bertz CT molecular complexity index is 680. The Kier molecular flexibility index (Phi) is 4.71. The maximum Gasteiger partial charge on any atom is 0.310 e. The summed E-state index contributed by atoms with van der Waals surface area (Å²) in [6, 6.07) is 9.60. The molecule has 0 aliphatic carbocycles. The highest BCUT2D eigenvalue weighted by Gasteiger charge is 2.14. The first-order valence-electron chi connectivity index (χ1n) is 6.67. The maximum absolute atomic E-state index is 12.0. The van der Waals surface area contributed by atoms with Gasteiger partial charge in [-0.1, -0.05) is 30.3 Å². The molecule has 6 nitrogen and oxygen atoms in total. The summed E-state index contributed by atoms with van der Waals surface area (Å²) >= 11 is 0. The molecule has 0 saturated heterocycles. The number of nitrogens with one attached hydrogen (secondary N) is 1. The fourth-order valence-electron chi connectivity index (χ4n) is 1.96. The number of aromatic nitrogens is 2. The van der Waals surface area contributed by atoms with Crippen molar-refractivity contribution in [3.63, 3.8) is 0 Å². The summed E-state index contributed by atoms with van der Waals surface area (Å²) in [4.78, 5) is 30.3. The molecule has 1 aromatic carbocycles. The average Bonchev–Trinajstić information content (AvgIpc) is 2.44. The fourth-order valence-corrected chi connectivity index (χ4v) is 1.96. The SMILES string of the molecule is CCOC(=O)Cc1c(N)nc(Cc2ccccc2)[nH]c1=O. The van der Waals surface area contributed by atoms with Gasteiger partial charge >= 0.3 is 5.97 Å². The lowest BCUT2D eigenvalue weighted by atomic mass is 10.1. The number of rotatable bonds is 5. The smallest absolute Gasteiger partial charge is 0.310 e. The molecule has 1 heterocycles. The number of nitrogens with zero attached hydrogens (tertiary/aromatic N) is 1. The molecule has 0 aliphatic heterocycles. The van der Waals surface area contributed by atoms with E-state index in [0.717, 1.165) is 5.56 Å². The Morgan fingerprint density at radius 1 is 1.33 bits per heavy atom. The standard InChI is InChI=1S/C15H17N3O3/c1-2-21-13(19)9-11-14(16)17-12(18-15(11)20)8-10-6-4-3-5-7-10/h3-7H,2,8-9H2,1H3,(H3,16,17,18,20). The second-order valence-electron chi connectivity index (χ2n) is 4.52. The predicted octanol–water partition coefficient (Wildman–Crippen LogP) is 1.05. The first-order chi connectivity index (χ1) is 10.1. The van der Waals surface area contributed by atoms with Crippen molar-refractivity contribution in [2.24, 2.45) is 0 Å². The summed E-state index contributed by atoms with van der Waals surface area (Å²) in [5.74, 6) is 0.0429.